The Morgan fingerprint density at radius 3 is 2.26 bits per heavy atom. The van der Waals surface area contributed by atoms with E-state index in [0.29, 0.717) is 11.4 Å². The van der Waals surface area contributed by atoms with E-state index in [2.05, 4.69) is 9.97 Å². The van der Waals surface area contributed by atoms with Crippen molar-refractivity contribution in [2.45, 2.75) is 13.3 Å². The van der Waals surface area contributed by atoms with Crippen molar-refractivity contribution < 1.29 is 18.6 Å². The second-order valence-corrected chi connectivity index (χ2v) is 3.93. The van der Waals surface area contributed by atoms with Crippen LogP contribution in [0.2, 0.25) is 0 Å². The second kappa shape index (κ2) is 5.71. The Hall–Kier alpha value is -2.08. The summed E-state index contributed by atoms with van der Waals surface area (Å²) in [5, 5.41) is 8.74. The van der Waals surface area contributed by atoms with Crippen molar-refractivity contribution in [3.05, 3.63) is 47.5 Å². The molecule has 1 heterocycles. The van der Waals surface area contributed by atoms with Crippen LogP contribution in [0.5, 0.6) is 11.5 Å². The van der Waals surface area contributed by atoms with E-state index in [4.69, 9.17) is 9.84 Å². The van der Waals surface area contributed by atoms with Gasteiger partial charge < -0.3 is 9.84 Å². The lowest BCUT2D eigenvalue weighted by Crippen LogP contribution is -1.98. The van der Waals surface area contributed by atoms with Crippen molar-refractivity contribution in [3.8, 4) is 11.5 Å². The number of halogens is 2. The number of rotatable bonds is 4. The lowest BCUT2D eigenvalue weighted by Gasteiger charge is -2.09. The fraction of sp³-hybridized carbons (Fsp3) is 0.231. The average molecular weight is 266 g/mol. The molecular weight excluding hydrogens is 254 g/mol. The van der Waals surface area contributed by atoms with Crippen LogP contribution in [0.25, 0.3) is 0 Å². The third kappa shape index (κ3) is 3.23. The molecule has 0 aliphatic carbocycles. The molecule has 2 rings (SSSR count). The Morgan fingerprint density at radius 2 is 1.74 bits per heavy atom. The Kier molecular flexibility index (Phi) is 4.01. The highest BCUT2D eigenvalue weighted by Crippen LogP contribution is 2.28. The monoisotopic (exact) mass is 266 g/mol. The van der Waals surface area contributed by atoms with Crippen LogP contribution in [0, 0.1) is 18.6 Å². The number of hydrogen-bond acceptors (Lipinski definition) is 4. The van der Waals surface area contributed by atoms with E-state index >= 15 is 0 Å². The first-order chi connectivity index (χ1) is 9.10. The number of aromatic nitrogens is 2. The standard InChI is InChI=1S/C13H12F2N2O2/c1-8-16-6-10(7-17-8)19-13-11(14)4-9(2-3-18)5-12(13)15/h4-7,18H,2-3H2,1H3. The van der Waals surface area contributed by atoms with Crippen molar-refractivity contribution in [1.82, 2.24) is 9.97 Å². The zero-order valence-corrected chi connectivity index (χ0v) is 10.2. The molecule has 0 radical (unpaired) electrons. The van der Waals surface area contributed by atoms with Gasteiger partial charge in [0.2, 0.25) is 0 Å². The van der Waals surface area contributed by atoms with E-state index < -0.39 is 17.4 Å². The van der Waals surface area contributed by atoms with Crippen LogP contribution in [0.3, 0.4) is 0 Å². The van der Waals surface area contributed by atoms with Crippen LogP contribution in [-0.2, 0) is 6.42 Å². The summed E-state index contributed by atoms with van der Waals surface area (Å²) in [5.41, 5.74) is 0.366. The van der Waals surface area contributed by atoms with E-state index in [0.717, 1.165) is 12.1 Å². The highest BCUT2D eigenvalue weighted by Gasteiger charge is 2.14. The summed E-state index contributed by atoms with van der Waals surface area (Å²) in [6.07, 6.45) is 2.85. The number of aryl methyl sites for hydroxylation is 1. The molecule has 1 aromatic carbocycles. The maximum atomic E-state index is 13.7. The number of aliphatic hydroxyl groups excluding tert-OH is 1. The van der Waals surface area contributed by atoms with E-state index in [1.54, 1.807) is 6.92 Å². The minimum Gasteiger partial charge on any atom is -0.448 e. The van der Waals surface area contributed by atoms with E-state index in [1.807, 2.05) is 0 Å². The summed E-state index contributed by atoms with van der Waals surface area (Å²) in [4.78, 5) is 7.74. The predicted octanol–water partition coefficient (Wildman–Crippen LogP) is 2.39. The molecule has 100 valence electrons. The van der Waals surface area contributed by atoms with Crippen LogP contribution in [-0.4, -0.2) is 21.7 Å². The Balaban J connectivity index is 2.27. The average Bonchev–Trinajstić information content (AvgIpc) is 2.36. The summed E-state index contributed by atoms with van der Waals surface area (Å²) < 4.78 is 32.5. The SMILES string of the molecule is Cc1ncc(Oc2c(F)cc(CCO)cc2F)cn1. The number of benzene rings is 1. The lowest BCUT2D eigenvalue weighted by molar-refractivity contribution is 0.299. The molecule has 0 atom stereocenters. The van der Waals surface area contributed by atoms with Gasteiger partial charge >= 0.3 is 0 Å². The van der Waals surface area contributed by atoms with Crippen LogP contribution < -0.4 is 4.74 Å². The number of nitrogens with zero attached hydrogens (tertiary/aromatic N) is 2. The minimum absolute atomic E-state index is 0.151. The van der Waals surface area contributed by atoms with Crippen LogP contribution in [0.4, 0.5) is 8.78 Å². The van der Waals surface area contributed by atoms with E-state index in [-0.39, 0.29) is 18.8 Å². The number of hydrogen-bond donors (Lipinski definition) is 1. The normalized spacial score (nSPS) is 10.5. The summed E-state index contributed by atoms with van der Waals surface area (Å²) in [6, 6.07) is 2.26. The molecule has 19 heavy (non-hydrogen) atoms. The topological polar surface area (TPSA) is 55.2 Å². The zero-order valence-electron chi connectivity index (χ0n) is 10.2. The maximum absolute atomic E-state index is 13.7. The van der Waals surface area contributed by atoms with Gasteiger partial charge in [0.25, 0.3) is 0 Å². The maximum Gasteiger partial charge on any atom is 0.198 e. The van der Waals surface area contributed by atoms with Crippen LogP contribution in [0.1, 0.15) is 11.4 Å². The molecule has 0 aliphatic heterocycles. The van der Waals surface area contributed by atoms with Gasteiger partial charge in [0, 0.05) is 6.61 Å². The molecule has 0 saturated heterocycles. The zero-order chi connectivity index (χ0) is 13.8. The van der Waals surface area contributed by atoms with Crippen LogP contribution >= 0.6 is 0 Å². The molecule has 0 aliphatic rings. The minimum atomic E-state index is -0.830. The Bertz CT molecular complexity index is 550. The van der Waals surface area contributed by atoms with Gasteiger partial charge in [-0.1, -0.05) is 0 Å². The first-order valence-electron chi connectivity index (χ1n) is 5.65. The largest absolute Gasteiger partial charge is 0.448 e. The van der Waals surface area contributed by atoms with E-state index in [1.165, 1.54) is 12.4 Å². The first kappa shape index (κ1) is 13.4. The molecule has 1 N–H and O–H groups in total. The van der Waals surface area contributed by atoms with Gasteiger partial charge in [0.15, 0.2) is 23.1 Å². The highest BCUT2D eigenvalue weighted by molar-refractivity contribution is 5.34. The van der Waals surface area contributed by atoms with Gasteiger partial charge in [0.05, 0.1) is 12.4 Å². The number of ether oxygens (including phenoxy) is 1. The number of aliphatic hydroxyl groups is 1. The third-order valence-electron chi connectivity index (χ3n) is 2.44. The van der Waals surface area contributed by atoms with Gasteiger partial charge in [-0.3, -0.25) is 0 Å². The molecular formula is C13H12F2N2O2. The second-order valence-electron chi connectivity index (χ2n) is 3.93. The van der Waals surface area contributed by atoms with E-state index in [9.17, 15) is 8.78 Å². The highest BCUT2D eigenvalue weighted by atomic mass is 19.1. The molecule has 0 saturated carbocycles. The van der Waals surface area contributed by atoms with Gasteiger partial charge in [-0.15, -0.1) is 0 Å². The molecule has 0 bridgehead atoms. The third-order valence-corrected chi connectivity index (χ3v) is 2.44. The van der Waals surface area contributed by atoms with Gasteiger partial charge in [-0.2, -0.15) is 0 Å². The summed E-state index contributed by atoms with van der Waals surface area (Å²) in [5.74, 6) is -1.48. The fourth-order valence-electron chi connectivity index (χ4n) is 1.53. The molecule has 0 fully saturated rings. The van der Waals surface area contributed by atoms with Gasteiger partial charge in [-0.25, -0.2) is 18.7 Å². The lowest BCUT2D eigenvalue weighted by atomic mass is 10.1. The Labute approximate surface area is 108 Å². The van der Waals surface area contributed by atoms with Crippen molar-refractivity contribution in [2.24, 2.45) is 0 Å². The Morgan fingerprint density at radius 1 is 1.16 bits per heavy atom. The van der Waals surface area contributed by atoms with Crippen molar-refractivity contribution in [2.75, 3.05) is 6.61 Å². The summed E-state index contributed by atoms with van der Waals surface area (Å²) in [7, 11) is 0. The first-order valence-corrected chi connectivity index (χ1v) is 5.65. The predicted molar refractivity (Wildman–Crippen MR) is 64.0 cm³/mol. The molecule has 0 unspecified atom stereocenters. The van der Waals surface area contributed by atoms with Crippen molar-refractivity contribution >= 4 is 0 Å². The summed E-state index contributed by atoms with van der Waals surface area (Å²) in [6.45, 7) is 1.51. The molecule has 4 nitrogen and oxygen atoms in total. The smallest absolute Gasteiger partial charge is 0.198 e. The van der Waals surface area contributed by atoms with Crippen LogP contribution in [0.15, 0.2) is 24.5 Å². The van der Waals surface area contributed by atoms with Crippen molar-refractivity contribution in [3.63, 3.8) is 0 Å². The molecule has 6 heteroatoms. The molecule has 1 aromatic heterocycles. The molecule has 0 spiro atoms. The van der Waals surface area contributed by atoms with Gasteiger partial charge in [-0.05, 0) is 31.0 Å². The molecule has 2 aromatic rings. The van der Waals surface area contributed by atoms with Gasteiger partial charge in [0.1, 0.15) is 5.82 Å². The molecule has 0 amide bonds. The quantitative estimate of drug-likeness (QED) is 0.923. The summed E-state index contributed by atoms with van der Waals surface area (Å²) >= 11 is 0. The fourth-order valence-corrected chi connectivity index (χ4v) is 1.53. The van der Waals surface area contributed by atoms with Crippen molar-refractivity contribution in [1.29, 1.82) is 0 Å².